The average molecular weight is 416 g/mol. The molecule has 2 aliphatic rings. The zero-order valence-electron chi connectivity index (χ0n) is 16.5. The molecule has 0 unspecified atom stereocenters. The minimum Gasteiger partial charge on any atom is -0.306 e. The Kier molecular flexibility index (Phi) is 5.01. The van der Waals surface area contributed by atoms with Crippen LogP contribution in [0.25, 0.3) is 0 Å². The van der Waals surface area contributed by atoms with Gasteiger partial charge in [0.15, 0.2) is 0 Å². The van der Waals surface area contributed by atoms with E-state index in [1.54, 1.807) is 0 Å². The molecule has 30 heavy (non-hydrogen) atoms. The van der Waals surface area contributed by atoms with Crippen LogP contribution < -0.4 is 5.32 Å². The number of carbonyl (C=O) groups is 1. The molecule has 1 atom stereocenters. The highest BCUT2D eigenvalue weighted by Gasteiger charge is 2.32. The summed E-state index contributed by atoms with van der Waals surface area (Å²) in [7, 11) is 0. The fraction of sp³-hybridized carbons (Fsp3) is 0.200. The van der Waals surface area contributed by atoms with Crippen molar-refractivity contribution >= 4 is 29.0 Å². The molecule has 3 aromatic rings. The van der Waals surface area contributed by atoms with Crippen LogP contribution in [0.1, 0.15) is 34.6 Å². The second-order valence-corrected chi connectivity index (χ2v) is 8.24. The van der Waals surface area contributed by atoms with Gasteiger partial charge >= 0.3 is 6.03 Å². The molecule has 0 bridgehead atoms. The number of hydrazone groups is 1. The highest BCUT2D eigenvalue weighted by atomic mass is 35.5. The van der Waals surface area contributed by atoms with E-state index in [4.69, 9.17) is 16.7 Å². The van der Waals surface area contributed by atoms with Crippen LogP contribution >= 0.6 is 11.6 Å². The van der Waals surface area contributed by atoms with Crippen molar-refractivity contribution in [2.24, 2.45) is 5.10 Å². The van der Waals surface area contributed by atoms with Gasteiger partial charge < -0.3 is 5.32 Å². The Hall–Kier alpha value is -3.11. The van der Waals surface area contributed by atoms with Crippen molar-refractivity contribution in [3.8, 4) is 0 Å². The molecule has 2 amide bonds. The number of nitrogens with zero attached hydrogens (tertiary/aromatic N) is 2. The summed E-state index contributed by atoms with van der Waals surface area (Å²) in [4.78, 5) is 13.0. The number of urea groups is 1. The minimum atomic E-state index is -0.210. The average Bonchev–Trinajstić information content (AvgIpc) is 3.42. The molecule has 0 saturated carbocycles. The van der Waals surface area contributed by atoms with Gasteiger partial charge in [-0.15, -0.1) is 0 Å². The number of benzene rings is 3. The molecule has 0 saturated heterocycles. The van der Waals surface area contributed by atoms with E-state index in [-0.39, 0.29) is 11.9 Å². The van der Waals surface area contributed by atoms with E-state index in [0.717, 1.165) is 35.4 Å². The largest absolute Gasteiger partial charge is 0.342 e. The van der Waals surface area contributed by atoms with E-state index in [9.17, 15) is 4.79 Å². The van der Waals surface area contributed by atoms with Crippen LogP contribution in [0.2, 0.25) is 5.02 Å². The molecule has 0 spiro atoms. The van der Waals surface area contributed by atoms with Crippen LogP contribution in [-0.2, 0) is 12.8 Å². The lowest BCUT2D eigenvalue weighted by Crippen LogP contribution is -2.30. The molecule has 5 heteroatoms. The molecule has 0 fully saturated rings. The SMILES string of the molecule is O=C(Nc1ccc2c(c1)CCC2)N1C[C@H](c2ccccc2)C(c2ccc(Cl)cc2)=N1. The molecule has 0 aromatic heterocycles. The van der Waals surface area contributed by atoms with Gasteiger partial charge in [-0.25, -0.2) is 9.80 Å². The Bertz CT molecular complexity index is 1110. The summed E-state index contributed by atoms with van der Waals surface area (Å²) < 4.78 is 0. The fourth-order valence-electron chi connectivity index (χ4n) is 4.29. The van der Waals surface area contributed by atoms with E-state index in [2.05, 4.69) is 29.6 Å². The van der Waals surface area contributed by atoms with Gasteiger partial charge in [0.25, 0.3) is 0 Å². The maximum absolute atomic E-state index is 13.0. The minimum absolute atomic E-state index is 0.0122. The fourth-order valence-corrected chi connectivity index (χ4v) is 4.42. The summed E-state index contributed by atoms with van der Waals surface area (Å²) in [5, 5.41) is 9.95. The van der Waals surface area contributed by atoms with Crippen molar-refractivity contribution in [3.63, 3.8) is 0 Å². The van der Waals surface area contributed by atoms with Crippen molar-refractivity contribution in [1.82, 2.24) is 5.01 Å². The van der Waals surface area contributed by atoms with Gasteiger partial charge in [-0.2, -0.15) is 5.10 Å². The van der Waals surface area contributed by atoms with Crippen LogP contribution in [0.3, 0.4) is 0 Å². The number of aryl methyl sites for hydroxylation is 2. The van der Waals surface area contributed by atoms with Crippen LogP contribution in [-0.4, -0.2) is 23.3 Å². The number of hydrogen-bond acceptors (Lipinski definition) is 2. The van der Waals surface area contributed by atoms with E-state index in [1.807, 2.05) is 48.5 Å². The Morgan fingerprint density at radius 2 is 1.73 bits per heavy atom. The van der Waals surface area contributed by atoms with Crippen molar-refractivity contribution in [1.29, 1.82) is 0 Å². The van der Waals surface area contributed by atoms with E-state index in [1.165, 1.54) is 22.6 Å². The smallest absolute Gasteiger partial charge is 0.306 e. The van der Waals surface area contributed by atoms with Gasteiger partial charge in [-0.3, -0.25) is 0 Å². The zero-order chi connectivity index (χ0) is 20.5. The van der Waals surface area contributed by atoms with E-state index in [0.29, 0.717) is 11.6 Å². The maximum atomic E-state index is 13.0. The molecule has 4 nitrogen and oxygen atoms in total. The molecule has 150 valence electrons. The molecular formula is C25H22ClN3O. The van der Waals surface area contributed by atoms with Crippen LogP contribution in [0.5, 0.6) is 0 Å². The topological polar surface area (TPSA) is 44.7 Å². The van der Waals surface area contributed by atoms with Crippen LogP contribution in [0, 0.1) is 0 Å². The first kappa shape index (κ1) is 18.9. The third kappa shape index (κ3) is 3.71. The van der Waals surface area contributed by atoms with E-state index < -0.39 is 0 Å². The van der Waals surface area contributed by atoms with Gasteiger partial charge in [-0.05, 0) is 65.8 Å². The lowest BCUT2D eigenvalue weighted by Gasteiger charge is -2.16. The first-order valence-corrected chi connectivity index (χ1v) is 10.6. The van der Waals surface area contributed by atoms with Crippen LogP contribution in [0.15, 0.2) is 77.9 Å². The van der Waals surface area contributed by atoms with Gasteiger partial charge in [0.2, 0.25) is 0 Å². The number of rotatable bonds is 3. The molecule has 1 aliphatic heterocycles. The molecule has 1 heterocycles. The lowest BCUT2D eigenvalue weighted by atomic mass is 9.91. The summed E-state index contributed by atoms with van der Waals surface area (Å²) in [5.74, 6) is 0.0122. The standard InChI is InChI=1S/C25H22ClN3O/c26-21-12-9-19(10-13-21)24-23(18-5-2-1-3-6-18)16-29(28-24)25(30)27-22-14-11-17-7-4-8-20(17)15-22/h1-3,5-6,9-15,23H,4,7-8,16H2,(H,27,30)/t23-/m1/s1. The zero-order valence-corrected chi connectivity index (χ0v) is 17.3. The van der Waals surface area contributed by atoms with Crippen LogP contribution in [0.4, 0.5) is 10.5 Å². The Balaban J connectivity index is 1.42. The first-order chi connectivity index (χ1) is 14.7. The van der Waals surface area contributed by atoms with Crippen molar-refractivity contribution in [2.45, 2.75) is 25.2 Å². The second-order valence-electron chi connectivity index (χ2n) is 7.80. The molecule has 1 N–H and O–H groups in total. The highest BCUT2D eigenvalue weighted by molar-refractivity contribution is 6.30. The molecular weight excluding hydrogens is 394 g/mol. The van der Waals surface area contributed by atoms with Gasteiger partial charge in [0.05, 0.1) is 12.3 Å². The summed E-state index contributed by atoms with van der Waals surface area (Å²) in [6.07, 6.45) is 3.40. The van der Waals surface area contributed by atoms with Gasteiger partial charge in [0.1, 0.15) is 0 Å². The normalized spacial score (nSPS) is 17.6. The maximum Gasteiger partial charge on any atom is 0.342 e. The van der Waals surface area contributed by atoms with Crippen molar-refractivity contribution < 1.29 is 4.79 Å². The summed E-state index contributed by atoms with van der Waals surface area (Å²) >= 11 is 6.07. The molecule has 5 rings (SSSR count). The third-order valence-electron chi connectivity index (χ3n) is 5.84. The number of anilines is 1. The Labute approximate surface area is 181 Å². The summed E-state index contributed by atoms with van der Waals surface area (Å²) in [6, 6.07) is 23.8. The number of carbonyl (C=O) groups excluding carboxylic acids is 1. The predicted molar refractivity (Wildman–Crippen MR) is 121 cm³/mol. The van der Waals surface area contributed by atoms with Gasteiger partial charge in [0, 0.05) is 16.6 Å². The first-order valence-electron chi connectivity index (χ1n) is 10.3. The summed E-state index contributed by atoms with van der Waals surface area (Å²) in [5.41, 5.74) is 6.54. The highest BCUT2D eigenvalue weighted by Crippen LogP contribution is 2.30. The van der Waals surface area contributed by atoms with Gasteiger partial charge in [-0.1, -0.05) is 60.1 Å². The molecule has 0 radical (unpaired) electrons. The van der Waals surface area contributed by atoms with Crippen molar-refractivity contribution in [2.75, 3.05) is 11.9 Å². The Morgan fingerprint density at radius 1 is 0.967 bits per heavy atom. The monoisotopic (exact) mass is 415 g/mol. The number of hydrogen-bond donors (Lipinski definition) is 1. The number of nitrogens with one attached hydrogen (secondary N) is 1. The Morgan fingerprint density at radius 3 is 2.53 bits per heavy atom. The lowest BCUT2D eigenvalue weighted by molar-refractivity contribution is 0.218. The third-order valence-corrected chi connectivity index (χ3v) is 6.09. The second kappa shape index (κ2) is 7.96. The number of fused-ring (bicyclic) bond motifs is 1. The molecule has 3 aromatic carbocycles. The predicted octanol–water partition coefficient (Wildman–Crippen LogP) is 5.86. The van der Waals surface area contributed by atoms with E-state index >= 15 is 0 Å². The number of amides is 2. The molecule has 1 aliphatic carbocycles. The quantitative estimate of drug-likeness (QED) is 0.571. The number of halogens is 1. The van der Waals surface area contributed by atoms with Crippen molar-refractivity contribution in [3.05, 3.63) is 100 Å². The summed E-state index contributed by atoms with van der Waals surface area (Å²) in [6.45, 7) is 0.499.